The maximum Gasteiger partial charge on any atom is 0.237 e. The summed E-state index contributed by atoms with van der Waals surface area (Å²) < 4.78 is 50.4. The molecule has 43 heavy (non-hydrogen) atoms. The SMILES string of the molecule is COCCN[C@H]1CC=C(c2cnc(N)c3c(-c4ccc(NS(=O)(=O)Cc5ccccc5Cl)c(F)c4)nn(C(C)C)c23)CC1. The van der Waals surface area contributed by atoms with Gasteiger partial charge in [0.2, 0.25) is 10.0 Å². The number of nitrogen functional groups attached to an aromatic ring is 1. The first-order valence-electron chi connectivity index (χ1n) is 14.2. The number of aromatic nitrogens is 3. The Hall–Kier alpha value is -3.51. The number of hydrogen-bond donors (Lipinski definition) is 3. The maximum atomic E-state index is 15.4. The Kier molecular flexibility index (Phi) is 9.36. The zero-order chi connectivity index (χ0) is 30.7. The van der Waals surface area contributed by atoms with E-state index >= 15 is 4.39 Å². The fourth-order valence-electron chi connectivity index (χ4n) is 5.40. The van der Waals surface area contributed by atoms with Crippen LogP contribution in [0.25, 0.3) is 27.7 Å². The Bertz CT molecular complexity index is 1770. The minimum atomic E-state index is -3.93. The minimum Gasteiger partial charge on any atom is -0.383 e. The summed E-state index contributed by atoms with van der Waals surface area (Å²) in [5.74, 6) is -0.833. The molecule has 1 aliphatic rings. The van der Waals surface area contributed by atoms with Gasteiger partial charge in [0.05, 0.1) is 29.0 Å². The Morgan fingerprint density at radius 2 is 2.02 bits per heavy atom. The second-order valence-corrected chi connectivity index (χ2v) is 13.1. The summed E-state index contributed by atoms with van der Waals surface area (Å²) >= 11 is 6.13. The van der Waals surface area contributed by atoms with Gasteiger partial charge in [0.25, 0.3) is 0 Å². The van der Waals surface area contributed by atoms with Crippen LogP contribution in [0.3, 0.4) is 0 Å². The molecule has 2 heterocycles. The highest BCUT2D eigenvalue weighted by molar-refractivity contribution is 7.91. The van der Waals surface area contributed by atoms with Gasteiger partial charge in [-0.15, -0.1) is 0 Å². The van der Waals surface area contributed by atoms with E-state index in [-0.39, 0.29) is 17.5 Å². The third kappa shape index (κ3) is 6.85. The lowest BCUT2D eigenvalue weighted by atomic mass is 9.90. The molecule has 0 radical (unpaired) electrons. The zero-order valence-electron chi connectivity index (χ0n) is 24.4. The summed E-state index contributed by atoms with van der Waals surface area (Å²) in [6, 6.07) is 11.3. The number of benzene rings is 2. The van der Waals surface area contributed by atoms with Crippen LogP contribution in [0.4, 0.5) is 15.9 Å². The van der Waals surface area contributed by atoms with Crippen molar-refractivity contribution >= 4 is 49.6 Å². The second-order valence-electron chi connectivity index (χ2n) is 11.0. The molecule has 5 rings (SSSR count). The predicted octanol–water partition coefficient (Wildman–Crippen LogP) is 6.17. The Labute approximate surface area is 256 Å². The summed E-state index contributed by atoms with van der Waals surface area (Å²) in [6.07, 6.45) is 6.75. The summed E-state index contributed by atoms with van der Waals surface area (Å²) in [5.41, 5.74) is 10.6. The number of nitrogens with two attached hydrogens (primary N) is 1. The molecule has 9 nitrogen and oxygen atoms in total. The summed E-state index contributed by atoms with van der Waals surface area (Å²) in [5, 5.41) is 9.36. The fourth-order valence-corrected chi connectivity index (χ4v) is 6.92. The lowest BCUT2D eigenvalue weighted by Crippen LogP contribution is -2.32. The highest BCUT2D eigenvalue weighted by Gasteiger charge is 2.25. The Morgan fingerprint density at radius 3 is 2.70 bits per heavy atom. The summed E-state index contributed by atoms with van der Waals surface area (Å²) in [4.78, 5) is 4.51. The van der Waals surface area contributed by atoms with E-state index in [0.29, 0.717) is 45.7 Å². The highest BCUT2D eigenvalue weighted by atomic mass is 35.5. The van der Waals surface area contributed by atoms with E-state index in [9.17, 15) is 8.42 Å². The molecule has 2 aromatic heterocycles. The van der Waals surface area contributed by atoms with Crippen molar-refractivity contribution in [3.8, 4) is 11.3 Å². The lowest BCUT2D eigenvalue weighted by Gasteiger charge is -2.24. The van der Waals surface area contributed by atoms with Crippen molar-refractivity contribution in [3.05, 3.63) is 76.7 Å². The van der Waals surface area contributed by atoms with Crippen molar-refractivity contribution in [2.75, 3.05) is 30.7 Å². The van der Waals surface area contributed by atoms with Crippen LogP contribution in [-0.4, -0.2) is 49.5 Å². The van der Waals surface area contributed by atoms with Crippen LogP contribution in [0.2, 0.25) is 5.02 Å². The molecule has 4 aromatic rings. The monoisotopic (exact) mass is 626 g/mol. The number of nitrogens with one attached hydrogen (secondary N) is 2. The molecule has 0 amide bonds. The topological polar surface area (TPSA) is 124 Å². The molecule has 1 aliphatic carbocycles. The normalized spacial score (nSPS) is 15.7. The van der Waals surface area contributed by atoms with Gasteiger partial charge >= 0.3 is 0 Å². The van der Waals surface area contributed by atoms with Crippen LogP contribution in [-0.2, 0) is 20.5 Å². The molecular weight excluding hydrogens is 591 g/mol. The van der Waals surface area contributed by atoms with Crippen LogP contribution in [0.1, 0.15) is 50.3 Å². The first-order valence-corrected chi connectivity index (χ1v) is 16.2. The average Bonchev–Trinajstić information content (AvgIpc) is 3.38. The third-order valence-corrected chi connectivity index (χ3v) is 9.14. The number of sulfonamides is 1. The summed E-state index contributed by atoms with van der Waals surface area (Å²) in [7, 11) is -2.23. The molecule has 0 aliphatic heterocycles. The number of fused-ring (bicyclic) bond motifs is 1. The van der Waals surface area contributed by atoms with Gasteiger partial charge in [0, 0.05) is 48.1 Å². The highest BCUT2D eigenvalue weighted by Crippen LogP contribution is 2.39. The number of methoxy groups -OCH3 is 1. The third-order valence-electron chi connectivity index (χ3n) is 7.55. The number of nitrogens with zero attached hydrogens (tertiary/aromatic N) is 3. The molecule has 2 aromatic carbocycles. The molecular formula is C31H36ClFN6O3S. The van der Waals surface area contributed by atoms with Gasteiger partial charge in [0.1, 0.15) is 17.3 Å². The molecule has 0 unspecified atom stereocenters. The van der Waals surface area contributed by atoms with Gasteiger partial charge in [-0.1, -0.05) is 41.9 Å². The van der Waals surface area contributed by atoms with Gasteiger partial charge in [-0.3, -0.25) is 9.40 Å². The van der Waals surface area contributed by atoms with E-state index < -0.39 is 15.8 Å². The Morgan fingerprint density at radius 1 is 1.23 bits per heavy atom. The number of anilines is 2. The predicted molar refractivity (Wildman–Crippen MR) is 171 cm³/mol. The van der Waals surface area contributed by atoms with Gasteiger partial charge in [-0.25, -0.2) is 17.8 Å². The van der Waals surface area contributed by atoms with E-state index in [2.05, 4.69) is 21.1 Å². The first kappa shape index (κ1) is 30.9. The van der Waals surface area contributed by atoms with Crippen LogP contribution in [0.15, 0.2) is 54.7 Å². The van der Waals surface area contributed by atoms with Crippen LogP contribution in [0, 0.1) is 5.82 Å². The zero-order valence-corrected chi connectivity index (χ0v) is 26.0. The van der Waals surface area contributed by atoms with Gasteiger partial charge in [-0.2, -0.15) is 5.10 Å². The van der Waals surface area contributed by atoms with E-state index in [0.717, 1.165) is 36.9 Å². The van der Waals surface area contributed by atoms with Crippen molar-refractivity contribution in [2.24, 2.45) is 0 Å². The average molecular weight is 627 g/mol. The lowest BCUT2D eigenvalue weighted by molar-refractivity contribution is 0.195. The summed E-state index contributed by atoms with van der Waals surface area (Å²) in [6.45, 7) is 5.53. The molecule has 228 valence electrons. The van der Waals surface area contributed by atoms with Gasteiger partial charge < -0.3 is 15.8 Å². The molecule has 4 N–H and O–H groups in total. The molecule has 12 heteroatoms. The van der Waals surface area contributed by atoms with E-state index in [4.69, 9.17) is 27.2 Å². The van der Waals surface area contributed by atoms with Gasteiger partial charge in [0.15, 0.2) is 0 Å². The maximum absolute atomic E-state index is 15.4. The standard InChI is InChI=1S/C31H36ClFN6O3S/c1-19(2)39-30-24(20-8-11-23(12-9-20)35-14-15-42-3)17-36-31(34)28(30)29(37-39)21-10-13-27(26(33)16-21)38-43(40,41)18-22-6-4-5-7-25(22)32/h4-8,10,13,16-17,19,23,35,38H,9,11-12,14-15,18H2,1-3H3,(H2,34,36)/t23-/m0/s1. The Balaban J connectivity index is 1.47. The van der Waals surface area contributed by atoms with Crippen LogP contribution >= 0.6 is 11.6 Å². The number of hydrogen-bond acceptors (Lipinski definition) is 7. The number of halogens is 2. The molecule has 0 saturated carbocycles. The minimum absolute atomic E-state index is 0.00908. The van der Waals surface area contributed by atoms with Crippen molar-refractivity contribution in [3.63, 3.8) is 0 Å². The second kappa shape index (κ2) is 13.0. The molecule has 0 bridgehead atoms. The quantitative estimate of drug-likeness (QED) is 0.170. The van der Waals surface area contributed by atoms with Crippen molar-refractivity contribution in [1.29, 1.82) is 0 Å². The van der Waals surface area contributed by atoms with Crippen molar-refractivity contribution in [2.45, 2.75) is 50.9 Å². The molecule has 0 saturated heterocycles. The fraction of sp³-hybridized carbons (Fsp3) is 0.355. The first-order chi connectivity index (χ1) is 20.6. The number of allylic oxidation sites excluding steroid dienone is 1. The smallest absolute Gasteiger partial charge is 0.237 e. The van der Waals surface area contributed by atoms with E-state index in [1.807, 2.05) is 18.5 Å². The number of rotatable bonds is 11. The van der Waals surface area contributed by atoms with Crippen molar-refractivity contribution < 1.29 is 17.5 Å². The van der Waals surface area contributed by atoms with Gasteiger partial charge in [-0.05, 0) is 62.4 Å². The molecule has 1 atom stereocenters. The number of pyridine rings is 1. The van der Waals surface area contributed by atoms with E-state index in [1.54, 1.807) is 43.6 Å². The van der Waals surface area contributed by atoms with E-state index in [1.165, 1.54) is 17.7 Å². The van der Waals surface area contributed by atoms with Crippen molar-refractivity contribution in [1.82, 2.24) is 20.1 Å². The number of ether oxygens (including phenoxy) is 1. The molecule has 0 spiro atoms. The van der Waals surface area contributed by atoms with Crippen LogP contribution < -0.4 is 15.8 Å². The van der Waals surface area contributed by atoms with Crippen LogP contribution in [0.5, 0.6) is 0 Å². The largest absolute Gasteiger partial charge is 0.383 e. The molecule has 0 fully saturated rings.